The number of nitrogens with one attached hydrogen (secondary N) is 1. The summed E-state index contributed by atoms with van der Waals surface area (Å²) in [5, 5.41) is 14.5. The van der Waals surface area contributed by atoms with Crippen molar-refractivity contribution in [1.29, 1.82) is 0 Å². The zero-order valence-electron chi connectivity index (χ0n) is 8.88. The van der Waals surface area contributed by atoms with Gasteiger partial charge in [-0.2, -0.15) is 0 Å². The number of hydrogen-bond donors (Lipinski definition) is 1. The van der Waals surface area contributed by atoms with Crippen LogP contribution in [-0.4, -0.2) is 9.91 Å². The third-order valence-electron chi connectivity index (χ3n) is 2.47. The molecule has 0 amide bonds. The van der Waals surface area contributed by atoms with E-state index >= 15 is 0 Å². The van der Waals surface area contributed by atoms with Crippen LogP contribution in [-0.2, 0) is 0 Å². The summed E-state index contributed by atoms with van der Waals surface area (Å²) in [6.45, 7) is 0. The van der Waals surface area contributed by atoms with E-state index in [-0.39, 0.29) is 5.69 Å². The van der Waals surface area contributed by atoms with E-state index in [1.165, 1.54) is 24.0 Å². The Morgan fingerprint density at radius 2 is 2.17 bits per heavy atom. The summed E-state index contributed by atoms with van der Waals surface area (Å²) in [6, 6.07) is 6.96. The molecular formula is C11H6ClN3O2S. The van der Waals surface area contributed by atoms with Crippen molar-refractivity contribution in [1.82, 2.24) is 4.98 Å². The molecule has 0 aliphatic carbocycles. The summed E-state index contributed by atoms with van der Waals surface area (Å²) in [5.41, 5.74) is 0.881. The van der Waals surface area contributed by atoms with Crippen molar-refractivity contribution in [3.8, 4) is 0 Å². The van der Waals surface area contributed by atoms with Crippen molar-refractivity contribution in [3.63, 3.8) is 0 Å². The topological polar surface area (TPSA) is 68.1 Å². The molecule has 0 spiro atoms. The van der Waals surface area contributed by atoms with Gasteiger partial charge in [0, 0.05) is 16.0 Å². The molecule has 0 bridgehead atoms. The Labute approximate surface area is 111 Å². The van der Waals surface area contributed by atoms with Gasteiger partial charge in [-0.15, -0.1) is 0 Å². The van der Waals surface area contributed by atoms with Crippen molar-refractivity contribution >= 4 is 40.6 Å². The van der Waals surface area contributed by atoms with Crippen LogP contribution in [0.1, 0.15) is 0 Å². The highest BCUT2D eigenvalue weighted by Crippen LogP contribution is 2.44. The first-order chi connectivity index (χ1) is 8.63. The number of aromatic nitrogens is 1. The van der Waals surface area contributed by atoms with Crippen LogP contribution in [0, 0.1) is 10.1 Å². The standard InChI is InChI=1S/C11H6ClN3O2S/c12-6-1-2-8-9(3-6)18-10-4-7(15(16)17)5-13-11(10)14-8/h1-5H,(H,13,14). The van der Waals surface area contributed by atoms with Gasteiger partial charge in [-0.05, 0) is 18.2 Å². The van der Waals surface area contributed by atoms with Crippen LogP contribution >= 0.6 is 23.4 Å². The Morgan fingerprint density at radius 3 is 2.94 bits per heavy atom. The summed E-state index contributed by atoms with van der Waals surface area (Å²) in [4.78, 5) is 15.9. The molecule has 1 aromatic heterocycles. The maximum absolute atomic E-state index is 10.7. The third kappa shape index (κ3) is 1.89. The number of benzene rings is 1. The molecule has 0 saturated carbocycles. The van der Waals surface area contributed by atoms with Gasteiger partial charge >= 0.3 is 0 Å². The molecule has 0 unspecified atom stereocenters. The minimum absolute atomic E-state index is 0.0199. The normalized spacial score (nSPS) is 12.3. The summed E-state index contributed by atoms with van der Waals surface area (Å²) < 4.78 is 0. The van der Waals surface area contributed by atoms with Crippen molar-refractivity contribution in [3.05, 3.63) is 45.6 Å². The molecular weight excluding hydrogens is 274 g/mol. The lowest BCUT2D eigenvalue weighted by molar-refractivity contribution is -0.385. The Bertz CT molecular complexity index is 663. The molecule has 1 aliphatic heterocycles. The van der Waals surface area contributed by atoms with E-state index in [2.05, 4.69) is 10.3 Å². The van der Waals surface area contributed by atoms with Crippen LogP contribution in [0.3, 0.4) is 0 Å². The van der Waals surface area contributed by atoms with E-state index in [4.69, 9.17) is 11.6 Å². The molecule has 0 radical (unpaired) electrons. The Kier molecular flexibility index (Phi) is 2.61. The minimum Gasteiger partial charge on any atom is -0.338 e. The summed E-state index contributed by atoms with van der Waals surface area (Å²) in [7, 11) is 0. The molecule has 90 valence electrons. The molecule has 1 aromatic carbocycles. The second-order valence-corrected chi connectivity index (χ2v) is 5.19. The zero-order chi connectivity index (χ0) is 12.7. The van der Waals surface area contributed by atoms with Crippen LogP contribution in [0.2, 0.25) is 5.02 Å². The van der Waals surface area contributed by atoms with Gasteiger partial charge in [0.25, 0.3) is 5.69 Å². The second-order valence-electron chi connectivity index (χ2n) is 3.66. The number of anilines is 2. The van der Waals surface area contributed by atoms with E-state index in [1.54, 1.807) is 6.07 Å². The van der Waals surface area contributed by atoms with Gasteiger partial charge in [0.05, 0.1) is 15.5 Å². The number of pyridine rings is 1. The van der Waals surface area contributed by atoms with Gasteiger partial charge in [0.2, 0.25) is 0 Å². The molecule has 2 heterocycles. The maximum Gasteiger partial charge on any atom is 0.288 e. The lowest BCUT2D eigenvalue weighted by Crippen LogP contribution is -2.02. The van der Waals surface area contributed by atoms with E-state index in [0.717, 1.165) is 15.5 Å². The fraction of sp³-hybridized carbons (Fsp3) is 0. The van der Waals surface area contributed by atoms with Crippen LogP contribution in [0.5, 0.6) is 0 Å². The quantitative estimate of drug-likeness (QED) is 0.541. The van der Waals surface area contributed by atoms with Gasteiger partial charge in [-0.3, -0.25) is 10.1 Å². The van der Waals surface area contributed by atoms with Gasteiger partial charge in [0.15, 0.2) is 0 Å². The molecule has 0 saturated heterocycles. The van der Waals surface area contributed by atoms with E-state index in [1.807, 2.05) is 12.1 Å². The highest BCUT2D eigenvalue weighted by Gasteiger charge is 2.20. The highest BCUT2D eigenvalue weighted by molar-refractivity contribution is 7.99. The number of halogens is 1. The lowest BCUT2D eigenvalue weighted by Gasteiger charge is -2.19. The maximum atomic E-state index is 10.7. The van der Waals surface area contributed by atoms with Crippen LogP contribution < -0.4 is 5.32 Å². The molecule has 3 rings (SSSR count). The molecule has 2 aromatic rings. The van der Waals surface area contributed by atoms with Gasteiger partial charge in [-0.25, -0.2) is 4.98 Å². The van der Waals surface area contributed by atoms with Gasteiger partial charge in [0.1, 0.15) is 12.0 Å². The largest absolute Gasteiger partial charge is 0.338 e. The molecule has 7 heteroatoms. The second kappa shape index (κ2) is 4.15. The lowest BCUT2D eigenvalue weighted by atomic mass is 10.3. The van der Waals surface area contributed by atoms with Gasteiger partial charge < -0.3 is 5.32 Å². The average Bonchev–Trinajstić information content (AvgIpc) is 2.35. The molecule has 0 fully saturated rings. The fourth-order valence-electron chi connectivity index (χ4n) is 1.64. The van der Waals surface area contributed by atoms with E-state index in [9.17, 15) is 10.1 Å². The first-order valence-corrected chi connectivity index (χ1v) is 6.22. The predicted molar refractivity (Wildman–Crippen MR) is 69.7 cm³/mol. The first kappa shape index (κ1) is 11.3. The monoisotopic (exact) mass is 279 g/mol. The Balaban J connectivity index is 2.05. The van der Waals surface area contributed by atoms with Gasteiger partial charge in [-0.1, -0.05) is 23.4 Å². The first-order valence-electron chi connectivity index (χ1n) is 5.02. The SMILES string of the molecule is O=[N+]([O-])c1cnc2c(c1)Sc1cc(Cl)ccc1N2. The van der Waals surface area contributed by atoms with Crippen LogP contribution in [0.25, 0.3) is 0 Å². The van der Waals surface area contributed by atoms with E-state index in [0.29, 0.717) is 10.8 Å². The summed E-state index contributed by atoms with van der Waals surface area (Å²) in [6.07, 6.45) is 1.24. The Morgan fingerprint density at radius 1 is 1.33 bits per heavy atom. The van der Waals surface area contributed by atoms with Crippen molar-refractivity contribution in [2.75, 3.05) is 5.32 Å². The molecule has 18 heavy (non-hydrogen) atoms. The van der Waals surface area contributed by atoms with Crippen LogP contribution in [0.15, 0.2) is 40.3 Å². The molecule has 0 atom stereocenters. The number of nitro groups is 1. The molecule has 1 aliphatic rings. The molecule has 5 nitrogen and oxygen atoms in total. The van der Waals surface area contributed by atoms with Crippen molar-refractivity contribution in [2.24, 2.45) is 0 Å². The van der Waals surface area contributed by atoms with Crippen LogP contribution in [0.4, 0.5) is 17.2 Å². The number of rotatable bonds is 1. The minimum atomic E-state index is -0.457. The summed E-state index contributed by atoms with van der Waals surface area (Å²) in [5.74, 6) is 0.625. The average molecular weight is 280 g/mol. The predicted octanol–water partition coefficient (Wildman–Crippen LogP) is 3.85. The third-order valence-corrected chi connectivity index (χ3v) is 3.79. The smallest absolute Gasteiger partial charge is 0.288 e. The zero-order valence-corrected chi connectivity index (χ0v) is 10.5. The molecule has 1 N–H and O–H groups in total. The van der Waals surface area contributed by atoms with Crippen molar-refractivity contribution in [2.45, 2.75) is 9.79 Å². The number of fused-ring (bicyclic) bond motifs is 2. The number of hydrogen-bond acceptors (Lipinski definition) is 5. The Hall–Kier alpha value is -1.79. The van der Waals surface area contributed by atoms with Crippen molar-refractivity contribution < 1.29 is 4.92 Å². The highest BCUT2D eigenvalue weighted by atomic mass is 35.5. The number of nitrogens with zero attached hydrogens (tertiary/aromatic N) is 2. The fourth-order valence-corrected chi connectivity index (χ4v) is 2.90. The van der Waals surface area contributed by atoms with E-state index < -0.39 is 4.92 Å². The summed E-state index contributed by atoms with van der Waals surface area (Å²) >= 11 is 7.33.